The van der Waals surface area contributed by atoms with Crippen LogP contribution < -0.4 is 0 Å². The van der Waals surface area contributed by atoms with Crippen LogP contribution in [0.15, 0.2) is 24.5 Å². The summed E-state index contributed by atoms with van der Waals surface area (Å²) >= 11 is 0. The molecule has 3 nitrogen and oxygen atoms in total. The Morgan fingerprint density at radius 2 is 2.20 bits per heavy atom. The summed E-state index contributed by atoms with van der Waals surface area (Å²) in [6.07, 6.45) is 6.29. The molecule has 0 saturated carbocycles. The average molecular weight is 226 g/mol. The van der Waals surface area contributed by atoms with Gasteiger partial charge < -0.3 is 0 Å². The summed E-state index contributed by atoms with van der Waals surface area (Å²) in [5.41, 5.74) is 1.09. The molecule has 0 aliphatic rings. The molecule has 0 atom stereocenters. The van der Waals surface area contributed by atoms with Crippen molar-refractivity contribution in [2.75, 3.05) is 12.0 Å². The summed E-state index contributed by atoms with van der Waals surface area (Å²) in [4.78, 5) is 4.02. The molecule has 1 rings (SSSR count). The van der Waals surface area contributed by atoms with E-state index in [1.807, 2.05) is 19.1 Å². The van der Waals surface area contributed by atoms with E-state index < -0.39 is 9.84 Å². The number of aromatic nitrogens is 1. The summed E-state index contributed by atoms with van der Waals surface area (Å²) in [5.74, 6) is 1.44. The zero-order valence-corrected chi connectivity index (χ0v) is 9.92. The highest BCUT2D eigenvalue weighted by Crippen LogP contribution is 2.18. The summed E-state index contributed by atoms with van der Waals surface area (Å²) in [7, 11) is -2.83. The van der Waals surface area contributed by atoms with Crippen LogP contribution >= 0.6 is 0 Å². The first-order valence-electron chi connectivity index (χ1n) is 4.89. The molecular weight excluding hydrogens is 210 g/mol. The third kappa shape index (κ3) is 4.93. The first kappa shape index (κ1) is 12.2. The lowest BCUT2D eigenvalue weighted by Crippen LogP contribution is -2.05. The predicted octanol–water partition coefficient (Wildman–Crippen LogP) is 1.85. The topological polar surface area (TPSA) is 47.0 Å². The van der Waals surface area contributed by atoms with Crippen LogP contribution in [0.3, 0.4) is 0 Å². The second-order valence-electron chi connectivity index (χ2n) is 3.76. The average Bonchev–Trinajstić information content (AvgIpc) is 2.17. The van der Waals surface area contributed by atoms with Crippen LogP contribution in [0.5, 0.6) is 0 Å². The summed E-state index contributed by atoms with van der Waals surface area (Å²) < 4.78 is 21.9. The van der Waals surface area contributed by atoms with Crippen LogP contribution in [0.25, 0.3) is 0 Å². The monoisotopic (exact) mass is 226 g/mol. The molecule has 0 N–H and O–H groups in total. The highest BCUT2D eigenvalue weighted by molar-refractivity contribution is 7.90. The van der Waals surface area contributed by atoms with E-state index in [4.69, 9.17) is 0 Å². The molecular formula is C11H16NO2S. The van der Waals surface area contributed by atoms with Gasteiger partial charge >= 0.3 is 0 Å². The molecule has 0 fully saturated rings. The van der Waals surface area contributed by atoms with Gasteiger partial charge in [-0.05, 0) is 24.5 Å². The van der Waals surface area contributed by atoms with Crippen molar-refractivity contribution in [2.45, 2.75) is 19.8 Å². The van der Waals surface area contributed by atoms with Gasteiger partial charge in [-0.15, -0.1) is 0 Å². The van der Waals surface area contributed by atoms with Gasteiger partial charge in [0.15, 0.2) is 0 Å². The number of sulfone groups is 1. The highest BCUT2D eigenvalue weighted by atomic mass is 32.2. The quantitative estimate of drug-likeness (QED) is 0.769. The minimum absolute atomic E-state index is 0.255. The Kier molecular flexibility index (Phi) is 4.27. The van der Waals surface area contributed by atoms with E-state index in [-0.39, 0.29) is 5.75 Å². The van der Waals surface area contributed by atoms with Crippen LogP contribution in [-0.2, 0) is 9.84 Å². The predicted molar refractivity (Wildman–Crippen MR) is 61.2 cm³/mol. The zero-order valence-electron chi connectivity index (χ0n) is 9.10. The smallest absolute Gasteiger partial charge is 0.147 e. The molecule has 1 radical (unpaired) electrons. The van der Waals surface area contributed by atoms with Crippen LogP contribution in [0, 0.1) is 5.92 Å². The van der Waals surface area contributed by atoms with Crippen LogP contribution in [0.2, 0.25) is 0 Å². The van der Waals surface area contributed by atoms with Crippen LogP contribution in [0.1, 0.15) is 25.3 Å². The summed E-state index contributed by atoms with van der Waals surface area (Å²) in [6, 6.07) is 3.87. The Hall–Kier alpha value is -0.900. The van der Waals surface area contributed by atoms with E-state index in [1.165, 1.54) is 12.2 Å². The first-order valence-corrected chi connectivity index (χ1v) is 6.95. The minimum atomic E-state index is -2.83. The Labute approximate surface area is 91.5 Å². The molecule has 0 saturated heterocycles. The largest absolute Gasteiger partial charge is 0.264 e. The van der Waals surface area contributed by atoms with Crippen molar-refractivity contribution in [3.63, 3.8) is 0 Å². The van der Waals surface area contributed by atoms with E-state index in [0.29, 0.717) is 6.42 Å². The molecule has 1 aromatic heterocycles. The molecule has 15 heavy (non-hydrogen) atoms. The number of rotatable bonds is 5. The Balaban J connectivity index is 2.41. The van der Waals surface area contributed by atoms with Crippen molar-refractivity contribution < 1.29 is 8.42 Å². The maximum Gasteiger partial charge on any atom is 0.147 e. The third-order valence-electron chi connectivity index (χ3n) is 2.22. The zero-order chi connectivity index (χ0) is 11.3. The van der Waals surface area contributed by atoms with Gasteiger partial charge in [0.05, 0.1) is 0 Å². The maximum absolute atomic E-state index is 10.9. The number of nitrogens with zero attached hydrogens (tertiary/aromatic N) is 1. The number of hydrogen-bond donors (Lipinski definition) is 0. The molecule has 0 spiro atoms. The SMILES string of the molecule is C[C](CCCS(C)(=O)=O)c1cccnc1. The van der Waals surface area contributed by atoms with Gasteiger partial charge in [-0.25, -0.2) is 8.42 Å². The third-order valence-corrected chi connectivity index (χ3v) is 3.25. The Morgan fingerprint density at radius 1 is 1.47 bits per heavy atom. The molecule has 0 unspecified atom stereocenters. The normalized spacial score (nSPS) is 11.9. The molecule has 0 aliphatic heterocycles. The molecule has 0 amide bonds. The van der Waals surface area contributed by atoms with Crippen molar-refractivity contribution >= 4 is 9.84 Å². The van der Waals surface area contributed by atoms with Crippen LogP contribution in [0.4, 0.5) is 0 Å². The van der Waals surface area contributed by atoms with Gasteiger partial charge in [-0.2, -0.15) is 0 Å². The second-order valence-corrected chi connectivity index (χ2v) is 6.02. The fourth-order valence-corrected chi connectivity index (χ4v) is 2.03. The van der Waals surface area contributed by atoms with Gasteiger partial charge in [0.1, 0.15) is 9.84 Å². The van der Waals surface area contributed by atoms with Gasteiger partial charge in [-0.1, -0.05) is 13.0 Å². The van der Waals surface area contributed by atoms with Crippen molar-refractivity contribution in [3.05, 3.63) is 36.0 Å². The molecule has 0 aromatic carbocycles. The lowest BCUT2D eigenvalue weighted by molar-refractivity contribution is 0.598. The van der Waals surface area contributed by atoms with Crippen molar-refractivity contribution in [1.82, 2.24) is 4.98 Å². The molecule has 0 bridgehead atoms. The number of hydrogen-bond acceptors (Lipinski definition) is 3. The Bertz CT molecular complexity index is 386. The van der Waals surface area contributed by atoms with E-state index in [0.717, 1.165) is 12.0 Å². The van der Waals surface area contributed by atoms with Crippen LogP contribution in [-0.4, -0.2) is 25.4 Å². The molecule has 0 aliphatic carbocycles. The van der Waals surface area contributed by atoms with E-state index >= 15 is 0 Å². The summed E-state index contributed by atoms with van der Waals surface area (Å²) in [6.45, 7) is 2.01. The van der Waals surface area contributed by atoms with E-state index in [2.05, 4.69) is 4.98 Å². The van der Waals surface area contributed by atoms with Gasteiger partial charge in [0, 0.05) is 30.3 Å². The van der Waals surface area contributed by atoms with Gasteiger partial charge in [0.25, 0.3) is 0 Å². The Morgan fingerprint density at radius 3 is 2.73 bits per heavy atom. The lowest BCUT2D eigenvalue weighted by Gasteiger charge is -2.09. The first-order chi connectivity index (χ1) is 6.99. The van der Waals surface area contributed by atoms with Gasteiger partial charge in [0.2, 0.25) is 0 Å². The lowest BCUT2D eigenvalue weighted by atomic mass is 9.98. The molecule has 4 heteroatoms. The molecule has 1 heterocycles. The number of pyridine rings is 1. The maximum atomic E-state index is 10.9. The second kappa shape index (κ2) is 5.26. The van der Waals surface area contributed by atoms with Crippen molar-refractivity contribution in [1.29, 1.82) is 0 Å². The van der Waals surface area contributed by atoms with E-state index in [9.17, 15) is 8.42 Å². The summed E-state index contributed by atoms with van der Waals surface area (Å²) in [5, 5.41) is 0. The fourth-order valence-electron chi connectivity index (χ4n) is 1.36. The minimum Gasteiger partial charge on any atom is -0.264 e. The molecule has 1 aromatic rings. The highest BCUT2D eigenvalue weighted by Gasteiger charge is 2.08. The van der Waals surface area contributed by atoms with Gasteiger partial charge in [-0.3, -0.25) is 4.98 Å². The molecule has 83 valence electrons. The fraction of sp³-hybridized carbons (Fsp3) is 0.455. The van der Waals surface area contributed by atoms with Crippen molar-refractivity contribution in [2.24, 2.45) is 0 Å². The van der Waals surface area contributed by atoms with E-state index in [1.54, 1.807) is 12.4 Å². The van der Waals surface area contributed by atoms with Crippen molar-refractivity contribution in [3.8, 4) is 0 Å². The standard InChI is InChI=1S/C11H16NO2S/c1-10(5-4-8-15(2,13)14)11-6-3-7-12-9-11/h3,6-7,9H,4-5,8H2,1-2H3.